The highest BCUT2D eigenvalue weighted by Crippen LogP contribution is 2.24. The van der Waals surface area contributed by atoms with Gasteiger partial charge in [0.15, 0.2) is 0 Å². The minimum Gasteiger partial charge on any atom is -0.496 e. The number of methoxy groups -OCH3 is 1. The lowest BCUT2D eigenvalue weighted by Crippen LogP contribution is -2.29. The Morgan fingerprint density at radius 1 is 0.816 bits per heavy atom. The number of fused-ring (bicyclic) bond motifs is 1. The van der Waals surface area contributed by atoms with E-state index in [1.54, 1.807) is 13.2 Å². The molecule has 0 aliphatic rings. The Labute approximate surface area is 230 Å². The molecule has 0 aliphatic heterocycles. The Morgan fingerprint density at radius 3 is 2.00 bits per heavy atom. The number of hydrogen-bond acceptors (Lipinski definition) is 3. The van der Waals surface area contributed by atoms with Crippen LogP contribution in [0, 0.1) is 0 Å². The molecule has 0 radical (unpaired) electrons. The summed E-state index contributed by atoms with van der Waals surface area (Å²) in [6.45, 7) is 5.21. The van der Waals surface area contributed by atoms with Crippen LogP contribution in [0.1, 0.15) is 126 Å². The number of aryl methyl sites for hydroxylation is 1. The summed E-state index contributed by atoms with van der Waals surface area (Å²) in [4.78, 5) is 17.9. The fourth-order valence-electron chi connectivity index (χ4n) is 5.30. The van der Waals surface area contributed by atoms with E-state index in [4.69, 9.17) is 9.72 Å². The zero-order valence-electron chi connectivity index (χ0n) is 24.0. The van der Waals surface area contributed by atoms with E-state index in [9.17, 15) is 4.79 Å². The molecule has 1 unspecified atom stereocenters. The van der Waals surface area contributed by atoms with Gasteiger partial charge in [-0.25, -0.2) is 4.98 Å². The quantitative estimate of drug-likeness (QED) is 0.161. The number of aromatic nitrogens is 2. The van der Waals surface area contributed by atoms with Crippen molar-refractivity contribution in [3.63, 3.8) is 0 Å². The molecular weight excluding hydrogens is 470 g/mol. The number of benzene rings is 2. The highest BCUT2D eigenvalue weighted by molar-refractivity contribution is 5.97. The van der Waals surface area contributed by atoms with Crippen LogP contribution in [0.3, 0.4) is 0 Å². The maximum Gasteiger partial charge on any atom is 0.255 e. The number of para-hydroxylation sites is 3. The molecule has 1 amide bonds. The molecule has 1 heterocycles. The van der Waals surface area contributed by atoms with Gasteiger partial charge in [0.2, 0.25) is 0 Å². The van der Waals surface area contributed by atoms with E-state index in [1.807, 2.05) is 31.2 Å². The first-order valence-corrected chi connectivity index (χ1v) is 15.0. The summed E-state index contributed by atoms with van der Waals surface area (Å²) in [5.74, 6) is 1.34. The van der Waals surface area contributed by atoms with Crippen LogP contribution in [0.15, 0.2) is 48.5 Å². The third-order valence-corrected chi connectivity index (χ3v) is 7.51. The fraction of sp³-hybridized carbons (Fsp3) is 0.576. The largest absolute Gasteiger partial charge is 0.496 e. The average Bonchev–Trinajstić information content (AvgIpc) is 3.32. The predicted octanol–water partition coefficient (Wildman–Crippen LogP) is 9.02. The van der Waals surface area contributed by atoms with Gasteiger partial charge in [0, 0.05) is 6.54 Å². The molecule has 208 valence electrons. The summed E-state index contributed by atoms with van der Waals surface area (Å²) in [5.41, 5.74) is 2.65. The normalized spacial score (nSPS) is 12.1. The van der Waals surface area contributed by atoms with E-state index in [2.05, 4.69) is 35.0 Å². The molecule has 0 saturated heterocycles. The standard InChI is InChI=1S/C33H49N3O2/c1-4-5-6-7-8-9-10-11-12-13-14-15-16-21-26-36-30-24-19-18-23-29(30)35-32(36)27(2)34-33(37)28-22-17-20-25-31(28)38-3/h17-20,22-25,27H,4-16,21,26H2,1-3H3,(H,34,37). The minimum absolute atomic E-state index is 0.148. The number of nitrogens with one attached hydrogen (secondary N) is 1. The Bertz CT molecular complexity index is 1090. The zero-order valence-corrected chi connectivity index (χ0v) is 24.0. The second-order valence-electron chi connectivity index (χ2n) is 10.6. The topological polar surface area (TPSA) is 56.2 Å². The maximum atomic E-state index is 13.0. The summed E-state index contributed by atoms with van der Waals surface area (Å²) in [6, 6.07) is 15.4. The fourth-order valence-corrected chi connectivity index (χ4v) is 5.30. The number of ether oxygens (including phenoxy) is 1. The van der Waals surface area contributed by atoms with Gasteiger partial charge < -0.3 is 14.6 Å². The Balaban J connectivity index is 1.43. The van der Waals surface area contributed by atoms with E-state index < -0.39 is 0 Å². The molecule has 1 aromatic heterocycles. The first-order chi connectivity index (χ1) is 18.7. The first kappa shape index (κ1) is 29.7. The summed E-state index contributed by atoms with van der Waals surface area (Å²) in [6.07, 6.45) is 19.0. The number of rotatable bonds is 19. The molecule has 2 aromatic carbocycles. The van der Waals surface area contributed by atoms with Crippen LogP contribution in [0.5, 0.6) is 5.75 Å². The monoisotopic (exact) mass is 519 g/mol. The lowest BCUT2D eigenvalue weighted by Gasteiger charge is -2.17. The van der Waals surface area contributed by atoms with E-state index in [0.717, 1.165) is 29.8 Å². The van der Waals surface area contributed by atoms with Crippen LogP contribution < -0.4 is 10.1 Å². The number of carbonyl (C=O) groups is 1. The third-order valence-electron chi connectivity index (χ3n) is 7.51. The highest BCUT2D eigenvalue weighted by atomic mass is 16.5. The van der Waals surface area contributed by atoms with Crippen molar-refractivity contribution in [2.24, 2.45) is 0 Å². The van der Waals surface area contributed by atoms with Crippen molar-refractivity contribution in [1.29, 1.82) is 0 Å². The van der Waals surface area contributed by atoms with Crippen molar-refractivity contribution in [2.75, 3.05) is 7.11 Å². The summed E-state index contributed by atoms with van der Waals surface area (Å²) >= 11 is 0. The smallest absolute Gasteiger partial charge is 0.255 e. The van der Waals surface area contributed by atoms with Gasteiger partial charge in [-0.3, -0.25) is 4.79 Å². The molecule has 5 heteroatoms. The van der Waals surface area contributed by atoms with Gasteiger partial charge in [-0.05, 0) is 37.6 Å². The molecule has 0 aliphatic carbocycles. The van der Waals surface area contributed by atoms with Gasteiger partial charge in [-0.1, -0.05) is 115 Å². The van der Waals surface area contributed by atoms with Gasteiger partial charge in [0.1, 0.15) is 11.6 Å². The summed E-state index contributed by atoms with van der Waals surface area (Å²) in [7, 11) is 1.59. The van der Waals surface area contributed by atoms with E-state index in [0.29, 0.717) is 11.3 Å². The molecule has 0 fully saturated rings. The molecule has 1 N–H and O–H groups in total. The third kappa shape index (κ3) is 9.18. The zero-order chi connectivity index (χ0) is 27.0. The molecule has 0 bridgehead atoms. The molecule has 0 spiro atoms. The number of carbonyl (C=O) groups excluding carboxylic acids is 1. The van der Waals surface area contributed by atoms with Gasteiger partial charge in [-0.15, -0.1) is 0 Å². The second-order valence-corrected chi connectivity index (χ2v) is 10.6. The Morgan fingerprint density at radius 2 is 1.37 bits per heavy atom. The predicted molar refractivity (Wildman–Crippen MR) is 159 cm³/mol. The Hall–Kier alpha value is -2.82. The first-order valence-electron chi connectivity index (χ1n) is 15.0. The number of nitrogens with zero attached hydrogens (tertiary/aromatic N) is 2. The van der Waals surface area contributed by atoms with Crippen LogP contribution in [0.4, 0.5) is 0 Å². The summed E-state index contributed by atoms with van der Waals surface area (Å²) < 4.78 is 7.67. The molecule has 3 rings (SSSR count). The molecule has 0 saturated carbocycles. The summed E-state index contributed by atoms with van der Waals surface area (Å²) in [5, 5.41) is 3.14. The van der Waals surface area contributed by atoms with Crippen LogP contribution >= 0.6 is 0 Å². The molecular formula is C33H49N3O2. The van der Waals surface area contributed by atoms with Gasteiger partial charge in [-0.2, -0.15) is 0 Å². The minimum atomic E-state index is -0.216. The highest BCUT2D eigenvalue weighted by Gasteiger charge is 2.20. The lowest BCUT2D eigenvalue weighted by atomic mass is 10.0. The van der Waals surface area contributed by atoms with Gasteiger partial charge in [0.05, 0.1) is 29.7 Å². The molecule has 1 atom stereocenters. The van der Waals surface area contributed by atoms with Crippen LogP contribution in [-0.4, -0.2) is 22.6 Å². The van der Waals surface area contributed by atoms with Crippen molar-refractivity contribution in [3.8, 4) is 5.75 Å². The van der Waals surface area contributed by atoms with E-state index in [-0.39, 0.29) is 11.9 Å². The maximum absolute atomic E-state index is 13.0. The second kappa shape index (κ2) is 16.9. The average molecular weight is 520 g/mol. The van der Waals surface area contributed by atoms with Crippen LogP contribution in [0.25, 0.3) is 11.0 Å². The van der Waals surface area contributed by atoms with Crippen molar-refractivity contribution in [3.05, 3.63) is 59.9 Å². The van der Waals surface area contributed by atoms with Crippen molar-refractivity contribution >= 4 is 16.9 Å². The van der Waals surface area contributed by atoms with Crippen LogP contribution in [0.2, 0.25) is 0 Å². The SMILES string of the molecule is CCCCCCCCCCCCCCCCn1c(C(C)NC(=O)c2ccccc2OC)nc2ccccc21. The van der Waals surface area contributed by atoms with Gasteiger partial charge in [0.25, 0.3) is 5.91 Å². The Kier molecular flexibility index (Phi) is 13.2. The molecule has 5 nitrogen and oxygen atoms in total. The van der Waals surface area contributed by atoms with Crippen molar-refractivity contribution in [2.45, 2.75) is 116 Å². The number of hydrogen-bond donors (Lipinski definition) is 1. The molecule has 3 aromatic rings. The van der Waals surface area contributed by atoms with Crippen molar-refractivity contribution in [1.82, 2.24) is 14.9 Å². The van der Waals surface area contributed by atoms with E-state index in [1.165, 1.54) is 83.5 Å². The molecule has 38 heavy (non-hydrogen) atoms. The van der Waals surface area contributed by atoms with E-state index >= 15 is 0 Å². The van der Waals surface area contributed by atoms with Gasteiger partial charge >= 0.3 is 0 Å². The number of amides is 1. The number of imidazole rings is 1. The van der Waals surface area contributed by atoms with Crippen LogP contribution in [-0.2, 0) is 6.54 Å². The van der Waals surface area contributed by atoms with Crippen molar-refractivity contribution < 1.29 is 9.53 Å². The number of unbranched alkanes of at least 4 members (excludes halogenated alkanes) is 13. The lowest BCUT2D eigenvalue weighted by molar-refractivity contribution is 0.0934.